The number of likely N-dealkylation sites (N-methyl/N-ethyl adjacent to an activating group) is 1. The highest BCUT2D eigenvalue weighted by molar-refractivity contribution is 5.83. The summed E-state index contributed by atoms with van der Waals surface area (Å²) in [4.78, 5) is 20.1. The van der Waals surface area contributed by atoms with Crippen LogP contribution in [0.1, 0.15) is 25.5 Å². The van der Waals surface area contributed by atoms with Crippen LogP contribution in [0.2, 0.25) is 0 Å². The molecule has 2 aliphatic rings. The molecule has 0 radical (unpaired) electrons. The zero-order chi connectivity index (χ0) is 17.8. The molecule has 2 N–H and O–H groups in total. The monoisotopic (exact) mass is 346 g/mol. The number of hydrogen-bond acceptors (Lipinski definition) is 5. The Morgan fingerprint density at radius 3 is 2.68 bits per heavy atom. The number of carbonyl (C=O) groups excluding carboxylic acids is 1. The summed E-state index contributed by atoms with van der Waals surface area (Å²) in [6, 6.07) is 7.14. The first-order chi connectivity index (χ1) is 12.1. The Labute approximate surface area is 150 Å². The number of benzene rings is 1. The summed E-state index contributed by atoms with van der Waals surface area (Å²) in [6.45, 7) is 11.4. The second kappa shape index (κ2) is 8.17. The molecule has 2 atom stereocenters. The minimum absolute atomic E-state index is 0.162. The molecule has 0 spiro atoms. The van der Waals surface area contributed by atoms with Crippen molar-refractivity contribution in [2.45, 2.75) is 25.9 Å². The van der Waals surface area contributed by atoms with Crippen molar-refractivity contribution >= 4 is 5.91 Å². The summed E-state index contributed by atoms with van der Waals surface area (Å²) in [5, 5.41) is 13.3. The smallest absolute Gasteiger partial charge is 0.244 e. The van der Waals surface area contributed by atoms with Crippen LogP contribution in [0.3, 0.4) is 0 Å². The van der Waals surface area contributed by atoms with E-state index in [-0.39, 0.29) is 23.7 Å². The molecule has 2 unspecified atom stereocenters. The first kappa shape index (κ1) is 18.2. The molecule has 0 saturated carbocycles. The summed E-state index contributed by atoms with van der Waals surface area (Å²) in [6.07, 6.45) is 0. The van der Waals surface area contributed by atoms with Crippen LogP contribution in [0.5, 0.6) is 5.75 Å². The highest BCUT2D eigenvalue weighted by Crippen LogP contribution is 2.28. The fraction of sp³-hybridized carbons (Fsp3) is 0.632. The van der Waals surface area contributed by atoms with Gasteiger partial charge in [-0.1, -0.05) is 19.1 Å². The van der Waals surface area contributed by atoms with Crippen molar-refractivity contribution in [1.82, 2.24) is 20.0 Å². The summed E-state index contributed by atoms with van der Waals surface area (Å²) >= 11 is 0. The number of hydrogen-bond donors (Lipinski definition) is 2. The zero-order valence-electron chi connectivity index (χ0n) is 15.3. The predicted octanol–water partition coefficient (Wildman–Crippen LogP) is 0.891. The molecular weight excluding hydrogens is 316 g/mol. The van der Waals surface area contributed by atoms with Crippen LogP contribution < -0.4 is 5.32 Å². The summed E-state index contributed by atoms with van der Waals surface area (Å²) in [5.41, 5.74) is 0.886. The molecule has 2 fully saturated rings. The van der Waals surface area contributed by atoms with E-state index in [1.807, 2.05) is 17.0 Å². The fourth-order valence-electron chi connectivity index (χ4n) is 3.87. The number of phenolic OH excluding ortho intramolecular Hbond substituents is 1. The van der Waals surface area contributed by atoms with Gasteiger partial charge in [-0.15, -0.1) is 0 Å². The average Bonchev–Trinajstić information content (AvgIpc) is 2.63. The van der Waals surface area contributed by atoms with Gasteiger partial charge in [0.15, 0.2) is 0 Å². The lowest BCUT2D eigenvalue weighted by molar-refractivity contribution is -0.140. The van der Waals surface area contributed by atoms with Gasteiger partial charge < -0.3 is 20.2 Å². The molecule has 138 valence electrons. The van der Waals surface area contributed by atoms with E-state index in [0.29, 0.717) is 0 Å². The first-order valence-electron chi connectivity index (χ1n) is 9.36. The Kier molecular flexibility index (Phi) is 5.93. The largest absolute Gasteiger partial charge is 0.508 e. The minimum atomic E-state index is -0.322. The van der Waals surface area contributed by atoms with E-state index in [4.69, 9.17) is 0 Å². The van der Waals surface area contributed by atoms with Crippen molar-refractivity contribution in [1.29, 1.82) is 0 Å². The molecule has 6 heteroatoms. The zero-order valence-corrected chi connectivity index (χ0v) is 15.3. The molecule has 1 aromatic carbocycles. The minimum Gasteiger partial charge on any atom is -0.508 e. The van der Waals surface area contributed by atoms with Crippen LogP contribution in [-0.4, -0.2) is 84.1 Å². The van der Waals surface area contributed by atoms with E-state index in [2.05, 4.69) is 29.0 Å². The van der Waals surface area contributed by atoms with Gasteiger partial charge >= 0.3 is 0 Å². The Morgan fingerprint density at radius 1 is 1.28 bits per heavy atom. The van der Waals surface area contributed by atoms with Crippen LogP contribution in [0.15, 0.2) is 24.3 Å². The average molecular weight is 346 g/mol. The number of amides is 1. The lowest BCUT2D eigenvalue weighted by Crippen LogP contribution is -2.57. The molecule has 0 bridgehead atoms. The van der Waals surface area contributed by atoms with Gasteiger partial charge in [0.1, 0.15) is 11.8 Å². The van der Waals surface area contributed by atoms with Gasteiger partial charge in [-0.3, -0.25) is 9.69 Å². The van der Waals surface area contributed by atoms with Gasteiger partial charge in [0.05, 0.1) is 0 Å². The van der Waals surface area contributed by atoms with Gasteiger partial charge in [-0.05, 0) is 31.2 Å². The summed E-state index contributed by atoms with van der Waals surface area (Å²) in [7, 11) is 0. The lowest BCUT2D eigenvalue weighted by Gasteiger charge is -2.43. The van der Waals surface area contributed by atoms with Gasteiger partial charge in [0, 0.05) is 51.9 Å². The molecule has 0 aliphatic carbocycles. The van der Waals surface area contributed by atoms with Crippen molar-refractivity contribution in [3.8, 4) is 5.75 Å². The topological polar surface area (TPSA) is 59.1 Å². The second-order valence-electron chi connectivity index (χ2n) is 7.05. The highest BCUT2D eigenvalue weighted by Gasteiger charge is 2.36. The van der Waals surface area contributed by atoms with Crippen molar-refractivity contribution in [3.63, 3.8) is 0 Å². The van der Waals surface area contributed by atoms with Crippen LogP contribution in [0.4, 0.5) is 0 Å². The SMILES string of the molecule is CCN1CCN(C(=O)C(c2cccc(O)c2)N2CCNCC2C)CC1. The van der Waals surface area contributed by atoms with Gasteiger partial charge in [0.2, 0.25) is 5.91 Å². The standard InChI is InChI=1S/C19H30N4O2/c1-3-21-9-11-22(12-10-21)19(25)18(16-5-4-6-17(24)13-16)23-8-7-20-14-15(23)2/h4-6,13,15,18,20,24H,3,7-12,14H2,1-2H3. The molecule has 2 aliphatic heterocycles. The van der Waals surface area contributed by atoms with E-state index in [1.54, 1.807) is 12.1 Å². The van der Waals surface area contributed by atoms with Crippen molar-refractivity contribution in [2.24, 2.45) is 0 Å². The lowest BCUT2D eigenvalue weighted by atomic mass is 10.00. The number of rotatable bonds is 4. The molecule has 1 amide bonds. The normalized spacial score (nSPS) is 24.2. The first-order valence-corrected chi connectivity index (χ1v) is 9.36. The maximum absolute atomic E-state index is 13.4. The van der Waals surface area contributed by atoms with Gasteiger partial charge in [0.25, 0.3) is 0 Å². The van der Waals surface area contributed by atoms with Gasteiger partial charge in [-0.2, -0.15) is 0 Å². The van der Waals surface area contributed by atoms with Crippen molar-refractivity contribution in [2.75, 3.05) is 52.4 Å². The van der Waals surface area contributed by atoms with Crippen LogP contribution in [0.25, 0.3) is 0 Å². The van der Waals surface area contributed by atoms with Crippen molar-refractivity contribution in [3.05, 3.63) is 29.8 Å². The third-order valence-corrected chi connectivity index (χ3v) is 5.44. The number of carbonyl (C=O) groups is 1. The number of piperazine rings is 2. The molecule has 0 aromatic heterocycles. The Morgan fingerprint density at radius 2 is 2.04 bits per heavy atom. The molecular formula is C19H30N4O2. The molecule has 1 aromatic rings. The maximum Gasteiger partial charge on any atom is 0.244 e. The second-order valence-corrected chi connectivity index (χ2v) is 7.05. The third kappa shape index (κ3) is 4.14. The fourth-order valence-corrected chi connectivity index (χ4v) is 3.87. The van der Waals surface area contributed by atoms with Crippen molar-refractivity contribution < 1.29 is 9.90 Å². The number of nitrogens with one attached hydrogen (secondary N) is 1. The number of phenols is 1. The summed E-state index contributed by atoms with van der Waals surface area (Å²) in [5.74, 6) is 0.379. The molecule has 6 nitrogen and oxygen atoms in total. The highest BCUT2D eigenvalue weighted by atomic mass is 16.3. The molecule has 2 saturated heterocycles. The van der Waals surface area contributed by atoms with Crippen LogP contribution in [-0.2, 0) is 4.79 Å². The van der Waals surface area contributed by atoms with E-state index in [9.17, 15) is 9.90 Å². The number of aromatic hydroxyl groups is 1. The number of nitrogens with zero attached hydrogens (tertiary/aromatic N) is 3. The summed E-state index contributed by atoms with van der Waals surface area (Å²) < 4.78 is 0. The molecule has 3 rings (SSSR count). The Balaban J connectivity index is 1.84. The van der Waals surface area contributed by atoms with E-state index >= 15 is 0 Å². The quantitative estimate of drug-likeness (QED) is 0.848. The third-order valence-electron chi connectivity index (χ3n) is 5.44. The predicted molar refractivity (Wildman–Crippen MR) is 98.6 cm³/mol. The van der Waals surface area contributed by atoms with Gasteiger partial charge in [-0.25, -0.2) is 0 Å². The maximum atomic E-state index is 13.4. The molecule has 25 heavy (non-hydrogen) atoms. The van der Waals surface area contributed by atoms with Crippen LogP contribution >= 0.6 is 0 Å². The Hall–Kier alpha value is -1.63. The molecule has 2 heterocycles. The van der Waals surface area contributed by atoms with Crippen LogP contribution in [0, 0.1) is 0 Å². The Bertz CT molecular complexity index is 587. The van der Waals surface area contributed by atoms with E-state index in [0.717, 1.165) is 57.9 Å². The van der Waals surface area contributed by atoms with E-state index in [1.165, 1.54) is 0 Å². The van der Waals surface area contributed by atoms with E-state index < -0.39 is 0 Å².